The van der Waals surface area contributed by atoms with Gasteiger partial charge in [-0.15, -0.1) is 0 Å². The van der Waals surface area contributed by atoms with Gasteiger partial charge in [0.15, 0.2) is 5.16 Å². The first kappa shape index (κ1) is 19.3. The summed E-state index contributed by atoms with van der Waals surface area (Å²) >= 11 is 7.66. The Morgan fingerprint density at radius 3 is 2.61 bits per heavy atom. The maximum absolute atomic E-state index is 12.6. The van der Waals surface area contributed by atoms with Crippen LogP contribution >= 0.6 is 23.4 Å². The average Bonchev–Trinajstić information content (AvgIpc) is 3.46. The number of piperazine rings is 1. The lowest BCUT2D eigenvalue weighted by molar-refractivity contribution is -0.139. The largest absolute Gasteiger partial charge is 0.339 e. The molecule has 2 heterocycles. The van der Waals surface area contributed by atoms with Gasteiger partial charge in [0.25, 0.3) is 0 Å². The number of thioether (sulfide) groups is 1. The fourth-order valence-electron chi connectivity index (χ4n) is 3.42. The monoisotopic (exact) mass is 418 g/mol. The van der Waals surface area contributed by atoms with Gasteiger partial charge in [-0.3, -0.25) is 14.2 Å². The van der Waals surface area contributed by atoms with Crippen LogP contribution in [-0.2, 0) is 9.59 Å². The molecule has 0 spiro atoms. The van der Waals surface area contributed by atoms with Crippen molar-refractivity contribution in [2.24, 2.45) is 5.92 Å². The SMILES string of the molecule is Cc1c(Cl)cccc1-n1ccnc1SCC(=O)N1CCN(C(=O)C2CC2)CC1. The van der Waals surface area contributed by atoms with Crippen molar-refractivity contribution in [1.29, 1.82) is 0 Å². The van der Waals surface area contributed by atoms with Gasteiger partial charge in [-0.05, 0) is 37.5 Å². The summed E-state index contributed by atoms with van der Waals surface area (Å²) in [4.78, 5) is 32.9. The molecular formula is C20H23ClN4O2S. The van der Waals surface area contributed by atoms with E-state index in [0.717, 1.165) is 29.2 Å². The lowest BCUT2D eigenvalue weighted by atomic mass is 10.2. The molecule has 1 aliphatic carbocycles. The smallest absolute Gasteiger partial charge is 0.233 e. The minimum atomic E-state index is 0.0842. The molecule has 4 rings (SSSR count). The van der Waals surface area contributed by atoms with Crippen LogP contribution in [0, 0.1) is 12.8 Å². The Bertz CT molecular complexity index is 888. The lowest BCUT2D eigenvalue weighted by Crippen LogP contribution is -2.51. The number of benzene rings is 1. The number of nitrogens with zero attached hydrogens (tertiary/aromatic N) is 4. The summed E-state index contributed by atoms with van der Waals surface area (Å²) in [6.45, 7) is 4.48. The maximum atomic E-state index is 12.6. The van der Waals surface area contributed by atoms with Crippen LogP contribution in [0.1, 0.15) is 18.4 Å². The zero-order chi connectivity index (χ0) is 19.7. The van der Waals surface area contributed by atoms with E-state index in [0.29, 0.717) is 37.0 Å². The van der Waals surface area contributed by atoms with Gasteiger partial charge in [-0.2, -0.15) is 0 Å². The van der Waals surface area contributed by atoms with Crippen molar-refractivity contribution in [2.75, 3.05) is 31.9 Å². The fraction of sp³-hybridized carbons (Fsp3) is 0.450. The number of hydrogen-bond donors (Lipinski definition) is 0. The molecule has 2 aliphatic rings. The second-order valence-electron chi connectivity index (χ2n) is 7.23. The molecule has 28 heavy (non-hydrogen) atoms. The summed E-state index contributed by atoms with van der Waals surface area (Å²) in [5, 5.41) is 1.47. The third kappa shape index (κ3) is 4.05. The van der Waals surface area contributed by atoms with Gasteiger partial charge in [0.2, 0.25) is 11.8 Å². The maximum Gasteiger partial charge on any atom is 0.233 e. The quantitative estimate of drug-likeness (QED) is 0.700. The average molecular weight is 419 g/mol. The van der Waals surface area contributed by atoms with Crippen molar-refractivity contribution in [2.45, 2.75) is 24.9 Å². The highest BCUT2D eigenvalue weighted by Crippen LogP contribution is 2.31. The molecular weight excluding hydrogens is 396 g/mol. The van der Waals surface area contributed by atoms with E-state index in [4.69, 9.17) is 11.6 Å². The number of rotatable bonds is 5. The van der Waals surface area contributed by atoms with Crippen LogP contribution in [-0.4, -0.2) is 63.1 Å². The minimum Gasteiger partial charge on any atom is -0.339 e. The number of amides is 2. The van der Waals surface area contributed by atoms with Crippen LogP contribution in [0.25, 0.3) is 5.69 Å². The van der Waals surface area contributed by atoms with Crippen LogP contribution in [0.15, 0.2) is 35.7 Å². The summed E-state index contributed by atoms with van der Waals surface area (Å²) in [5.41, 5.74) is 1.94. The van der Waals surface area contributed by atoms with E-state index < -0.39 is 0 Å². The molecule has 1 aromatic carbocycles. The zero-order valence-corrected chi connectivity index (χ0v) is 17.4. The van der Waals surface area contributed by atoms with E-state index in [1.165, 1.54) is 11.8 Å². The van der Waals surface area contributed by atoms with Gasteiger partial charge < -0.3 is 9.80 Å². The van der Waals surface area contributed by atoms with E-state index in [2.05, 4.69) is 4.98 Å². The Balaban J connectivity index is 1.34. The first-order valence-corrected chi connectivity index (χ1v) is 10.9. The van der Waals surface area contributed by atoms with Crippen molar-refractivity contribution < 1.29 is 9.59 Å². The number of halogens is 1. The van der Waals surface area contributed by atoms with E-state index >= 15 is 0 Å². The second kappa shape index (κ2) is 8.17. The topological polar surface area (TPSA) is 58.4 Å². The Hall–Kier alpha value is -1.99. The van der Waals surface area contributed by atoms with E-state index in [-0.39, 0.29) is 17.7 Å². The Morgan fingerprint density at radius 2 is 1.89 bits per heavy atom. The third-order valence-corrected chi connectivity index (χ3v) is 6.66. The molecule has 0 bridgehead atoms. The molecule has 0 N–H and O–H groups in total. The highest BCUT2D eigenvalue weighted by Gasteiger charge is 2.35. The van der Waals surface area contributed by atoms with Crippen molar-refractivity contribution >= 4 is 35.2 Å². The van der Waals surface area contributed by atoms with Gasteiger partial charge in [0.1, 0.15) is 0 Å². The molecule has 2 fully saturated rings. The van der Waals surface area contributed by atoms with E-state index in [1.54, 1.807) is 6.20 Å². The molecule has 1 aromatic heterocycles. The Morgan fingerprint density at radius 1 is 1.18 bits per heavy atom. The van der Waals surface area contributed by atoms with E-state index in [1.807, 2.05) is 45.7 Å². The fourth-order valence-corrected chi connectivity index (χ4v) is 4.46. The number of aromatic nitrogens is 2. The van der Waals surface area contributed by atoms with Crippen LogP contribution in [0.4, 0.5) is 0 Å². The van der Waals surface area contributed by atoms with Crippen LogP contribution in [0.5, 0.6) is 0 Å². The molecule has 0 unspecified atom stereocenters. The molecule has 8 heteroatoms. The van der Waals surface area contributed by atoms with Gasteiger partial charge in [-0.25, -0.2) is 4.98 Å². The molecule has 1 aliphatic heterocycles. The summed E-state index contributed by atoms with van der Waals surface area (Å²) < 4.78 is 1.96. The molecule has 2 aromatic rings. The van der Waals surface area contributed by atoms with Gasteiger partial charge in [0, 0.05) is 49.5 Å². The Labute approximate surface area is 173 Å². The van der Waals surface area contributed by atoms with Crippen LogP contribution in [0.3, 0.4) is 0 Å². The van der Waals surface area contributed by atoms with Crippen LogP contribution < -0.4 is 0 Å². The van der Waals surface area contributed by atoms with Crippen LogP contribution in [0.2, 0.25) is 5.02 Å². The summed E-state index contributed by atoms with van der Waals surface area (Å²) in [7, 11) is 0. The molecule has 1 saturated heterocycles. The number of imidazole rings is 1. The van der Waals surface area contributed by atoms with Gasteiger partial charge >= 0.3 is 0 Å². The number of hydrogen-bond acceptors (Lipinski definition) is 4. The number of carbonyl (C=O) groups excluding carboxylic acids is 2. The predicted octanol–water partition coefficient (Wildman–Crippen LogP) is 3.01. The molecule has 148 valence electrons. The number of carbonyl (C=O) groups is 2. The summed E-state index contributed by atoms with van der Waals surface area (Å²) in [6, 6.07) is 5.76. The summed E-state index contributed by atoms with van der Waals surface area (Å²) in [5.74, 6) is 0.917. The first-order chi connectivity index (χ1) is 13.5. The van der Waals surface area contributed by atoms with Crippen molar-refractivity contribution in [3.63, 3.8) is 0 Å². The summed E-state index contributed by atoms with van der Waals surface area (Å²) in [6.07, 6.45) is 5.66. The van der Waals surface area contributed by atoms with Crippen molar-refractivity contribution in [3.05, 3.63) is 41.2 Å². The molecule has 0 radical (unpaired) electrons. The molecule has 2 amide bonds. The lowest BCUT2D eigenvalue weighted by Gasteiger charge is -2.34. The third-order valence-electron chi connectivity index (χ3n) is 5.30. The molecule has 1 saturated carbocycles. The molecule has 6 nitrogen and oxygen atoms in total. The zero-order valence-electron chi connectivity index (χ0n) is 15.8. The van der Waals surface area contributed by atoms with Gasteiger partial charge in [0.05, 0.1) is 11.4 Å². The predicted molar refractivity (Wildman–Crippen MR) is 110 cm³/mol. The first-order valence-electron chi connectivity index (χ1n) is 9.53. The van der Waals surface area contributed by atoms with E-state index in [9.17, 15) is 9.59 Å². The van der Waals surface area contributed by atoms with Gasteiger partial charge in [-0.1, -0.05) is 29.4 Å². The Kier molecular flexibility index (Phi) is 5.64. The minimum absolute atomic E-state index is 0.0842. The second-order valence-corrected chi connectivity index (χ2v) is 8.58. The van der Waals surface area contributed by atoms with Crippen molar-refractivity contribution in [3.8, 4) is 5.69 Å². The highest BCUT2D eigenvalue weighted by atomic mass is 35.5. The highest BCUT2D eigenvalue weighted by molar-refractivity contribution is 7.99. The van der Waals surface area contributed by atoms with Crippen molar-refractivity contribution in [1.82, 2.24) is 19.4 Å². The molecule has 0 atom stereocenters. The normalized spacial score (nSPS) is 17.1. The standard InChI is InChI=1S/C20H23ClN4O2S/c1-14-16(21)3-2-4-17(14)25-8-7-22-20(25)28-13-18(26)23-9-11-24(12-10-23)19(27)15-5-6-15/h2-4,7-8,15H,5-6,9-13H2,1H3.